The van der Waals surface area contributed by atoms with E-state index in [1.807, 2.05) is 0 Å². The van der Waals surface area contributed by atoms with Gasteiger partial charge in [0.2, 0.25) is 5.91 Å². The topological polar surface area (TPSA) is 72.7 Å². The van der Waals surface area contributed by atoms with Gasteiger partial charge in [-0.3, -0.25) is 4.79 Å². The van der Waals surface area contributed by atoms with Crippen LogP contribution in [0.15, 0.2) is 65.8 Å². The molecular weight excluding hydrogens is 632 g/mol. The molecule has 0 spiro atoms. The Kier molecular flexibility index (Phi) is 7.09. The molecule has 4 aromatic rings. The second kappa shape index (κ2) is 9.99. The van der Waals surface area contributed by atoms with Gasteiger partial charge in [-0.1, -0.05) is 12.1 Å². The van der Waals surface area contributed by atoms with Crippen molar-refractivity contribution < 1.29 is 14.3 Å². The summed E-state index contributed by atoms with van der Waals surface area (Å²) in [6.07, 6.45) is 1.85. The number of hydrazone groups is 1. The normalized spacial score (nSPS) is 11.3. The number of nitrogens with one attached hydrogen (secondary N) is 1. The largest absolute Gasteiger partial charge is 0.465 e. The molecule has 0 aliphatic carbocycles. The molecule has 1 aromatic heterocycles. The summed E-state index contributed by atoms with van der Waals surface area (Å²) in [5.74, 6) is -0.560. The number of benzene rings is 3. The van der Waals surface area contributed by atoms with Crippen molar-refractivity contribution in [1.29, 1.82) is 0 Å². The van der Waals surface area contributed by atoms with Gasteiger partial charge in [0.05, 0.1) is 18.9 Å². The van der Waals surface area contributed by atoms with Crippen molar-refractivity contribution in [3.05, 3.63) is 78.9 Å². The summed E-state index contributed by atoms with van der Waals surface area (Å²) in [5, 5.41) is 6.42. The number of halogens is 2. The molecule has 0 fully saturated rings. The number of esters is 1. The first-order valence-electron chi connectivity index (χ1n) is 9.83. The lowest BCUT2D eigenvalue weighted by atomic mass is 10.1. The third-order valence-electron chi connectivity index (χ3n) is 5.09. The lowest BCUT2D eigenvalue weighted by Gasteiger charge is -2.07. The maximum Gasteiger partial charge on any atom is 0.337 e. The number of aromatic nitrogens is 1. The van der Waals surface area contributed by atoms with E-state index in [0.29, 0.717) is 18.5 Å². The minimum absolute atomic E-state index is 0.168. The molecule has 3 aromatic carbocycles. The van der Waals surface area contributed by atoms with Gasteiger partial charge in [0.1, 0.15) is 0 Å². The molecule has 1 amide bonds. The van der Waals surface area contributed by atoms with Gasteiger partial charge in [-0.15, -0.1) is 0 Å². The number of hydrogen-bond acceptors (Lipinski definition) is 4. The van der Waals surface area contributed by atoms with Crippen molar-refractivity contribution in [1.82, 2.24) is 9.99 Å². The molecule has 4 rings (SSSR count). The molecule has 0 radical (unpaired) electrons. The molecule has 162 valence electrons. The molecule has 0 aliphatic heterocycles. The molecule has 0 atom stereocenters. The number of nitrogens with zero attached hydrogens (tertiary/aromatic N) is 2. The van der Waals surface area contributed by atoms with Gasteiger partial charge in [-0.05, 0) is 99.3 Å². The van der Waals surface area contributed by atoms with Crippen LogP contribution in [0.2, 0.25) is 0 Å². The summed E-state index contributed by atoms with van der Waals surface area (Å²) in [4.78, 5) is 23.9. The van der Waals surface area contributed by atoms with Gasteiger partial charge < -0.3 is 9.30 Å². The minimum atomic E-state index is -0.392. The second-order valence-electron chi connectivity index (χ2n) is 7.13. The molecule has 0 unspecified atom stereocenters. The van der Waals surface area contributed by atoms with Gasteiger partial charge in [0, 0.05) is 41.9 Å². The van der Waals surface area contributed by atoms with Gasteiger partial charge in [-0.25, -0.2) is 10.2 Å². The fraction of sp³-hybridized carbons (Fsp3) is 0.125. The quantitative estimate of drug-likeness (QED) is 0.133. The number of carbonyl (C=O) groups is 2. The molecule has 8 heteroatoms. The Balaban J connectivity index is 1.45. The fourth-order valence-corrected chi connectivity index (χ4v) is 4.54. The van der Waals surface area contributed by atoms with Crippen molar-refractivity contribution in [3.8, 4) is 0 Å². The van der Waals surface area contributed by atoms with E-state index in [4.69, 9.17) is 0 Å². The monoisotopic (exact) mass is 651 g/mol. The van der Waals surface area contributed by atoms with Crippen LogP contribution in [-0.4, -0.2) is 29.8 Å². The van der Waals surface area contributed by atoms with Crippen LogP contribution in [0, 0.1) is 7.14 Å². The average molecular weight is 651 g/mol. The van der Waals surface area contributed by atoms with Gasteiger partial charge in [0.15, 0.2) is 0 Å². The first kappa shape index (κ1) is 22.7. The van der Waals surface area contributed by atoms with Crippen LogP contribution >= 0.6 is 45.2 Å². The summed E-state index contributed by atoms with van der Waals surface area (Å²) in [6.45, 7) is 0.552. The Hall–Kier alpha value is -2.47. The van der Waals surface area contributed by atoms with Crippen LogP contribution in [0.3, 0.4) is 0 Å². The highest BCUT2D eigenvalue weighted by molar-refractivity contribution is 14.1. The molecule has 0 saturated heterocycles. The number of fused-ring (bicyclic) bond motifs is 3. The smallest absolute Gasteiger partial charge is 0.337 e. The SMILES string of the molecule is COC(=O)c1ccc(C=NNC(=O)CCn2c3ccc(I)cc3c3cc(I)ccc32)cc1. The first-order valence-corrected chi connectivity index (χ1v) is 12.0. The predicted octanol–water partition coefficient (Wildman–Crippen LogP) is 5.33. The van der Waals surface area contributed by atoms with Crippen LogP contribution in [0.5, 0.6) is 0 Å². The van der Waals surface area contributed by atoms with Crippen LogP contribution in [0.25, 0.3) is 21.8 Å². The van der Waals surface area contributed by atoms with E-state index in [9.17, 15) is 9.59 Å². The van der Waals surface area contributed by atoms with Crippen LogP contribution in [0.1, 0.15) is 22.3 Å². The van der Waals surface area contributed by atoms with E-state index in [0.717, 1.165) is 16.6 Å². The van der Waals surface area contributed by atoms with E-state index in [2.05, 4.69) is 101 Å². The highest BCUT2D eigenvalue weighted by atomic mass is 127. The third-order valence-corrected chi connectivity index (χ3v) is 6.43. The predicted molar refractivity (Wildman–Crippen MR) is 143 cm³/mol. The van der Waals surface area contributed by atoms with Crippen molar-refractivity contribution in [2.45, 2.75) is 13.0 Å². The number of hydrogen-bond donors (Lipinski definition) is 1. The van der Waals surface area contributed by atoms with Gasteiger partial charge in [-0.2, -0.15) is 5.10 Å². The van der Waals surface area contributed by atoms with Crippen LogP contribution in [-0.2, 0) is 16.1 Å². The molecule has 0 saturated carbocycles. The van der Waals surface area contributed by atoms with E-state index in [1.165, 1.54) is 25.0 Å². The lowest BCUT2D eigenvalue weighted by molar-refractivity contribution is -0.121. The van der Waals surface area contributed by atoms with Crippen LogP contribution < -0.4 is 5.43 Å². The van der Waals surface area contributed by atoms with Crippen molar-refractivity contribution in [2.24, 2.45) is 5.10 Å². The Bertz CT molecular complexity index is 1290. The van der Waals surface area contributed by atoms with Crippen molar-refractivity contribution in [3.63, 3.8) is 0 Å². The lowest BCUT2D eigenvalue weighted by Crippen LogP contribution is -2.19. The maximum atomic E-state index is 12.4. The van der Waals surface area contributed by atoms with Gasteiger partial charge >= 0.3 is 5.97 Å². The Morgan fingerprint density at radius 1 is 0.969 bits per heavy atom. The second-order valence-corrected chi connectivity index (χ2v) is 9.62. The standard InChI is InChI=1S/C24H19I2N3O3/c1-32-24(31)16-4-2-15(3-5-16)14-27-28-23(30)10-11-29-21-8-6-17(25)12-19(21)20-13-18(26)7-9-22(20)29/h2-9,12-14H,10-11H2,1H3,(H,28,30). The number of amides is 1. The maximum absolute atomic E-state index is 12.4. The molecule has 32 heavy (non-hydrogen) atoms. The molecule has 1 N–H and O–H groups in total. The van der Waals surface area contributed by atoms with Crippen molar-refractivity contribution in [2.75, 3.05) is 7.11 Å². The Morgan fingerprint density at radius 2 is 1.56 bits per heavy atom. The van der Waals surface area contributed by atoms with E-state index in [-0.39, 0.29) is 5.91 Å². The highest BCUT2D eigenvalue weighted by Crippen LogP contribution is 2.31. The number of ether oxygens (including phenoxy) is 1. The average Bonchev–Trinajstić information content (AvgIpc) is 3.09. The first-order chi connectivity index (χ1) is 15.5. The van der Waals surface area contributed by atoms with Gasteiger partial charge in [0.25, 0.3) is 0 Å². The molecule has 6 nitrogen and oxygen atoms in total. The number of methoxy groups -OCH3 is 1. The third kappa shape index (κ3) is 4.96. The highest BCUT2D eigenvalue weighted by Gasteiger charge is 2.12. The molecule has 0 bridgehead atoms. The Labute approximate surface area is 212 Å². The Morgan fingerprint density at radius 3 is 2.12 bits per heavy atom. The molecular formula is C24H19I2N3O3. The van der Waals surface area contributed by atoms with E-state index >= 15 is 0 Å². The summed E-state index contributed by atoms with van der Waals surface area (Å²) >= 11 is 4.65. The summed E-state index contributed by atoms with van der Waals surface area (Å²) in [5.41, 5.74) is 6.04. The number of carbonyl (C=O) groups excluding carboxylic acids is 2. The van der Waals surface area contributed by atoms with Crippen LogP contribution in [0.4, 0.5) is 0 Å². The zero-order valence-corrected chi connectivity index (χ0v) is 21.5. The van der Waals surface area contributed by atoms with E-state index < -0.39 is 5.97 Å². The van der Waals surface area contributed by atoms with E-state index in [1.54, 1.807) is 30.5 Å². The molecule has 0 aliphatic rings. The summed E-state index contributed by atoms with van der Waals surface area (Å²) < 4.78 is 9.23. The zero-order valence-electron chi connectivity index (χ0n) is 17.1. The number of aryl methyl sites for hydroxylation is 1. The minimum Gasteiger partial charge on any atom is -0.465 e. The number of rotatable bonds is 6. The summed E-state index contributed by atoms with van der Waals surface area (Å²) in [7, 11) is 1.34. The fourth-order valence-electron chi connectivity index (χ4n) is 3.56. The van der Waals surface area contributed by atoms with Crippen molar-refractivity contribution >= 4 is 85.1 Å². The summed E-state index contributed by atoms with van der Waals surface area (Å²) in [6, 6.07) is 19.5. The molecule has 1 heterocycles. The zero-order chi connectivity index (χ0) is 22.7.